The summed E-state index contributed by atoms with van der Waals surface area (Å²) in [5.41, 5.74) is 8.71. The lowest BCUT2D eigenvalue weighted by Crippen LogP contribution is -2.76. The molecule has 0 saturated heterocycles. The topological polar surface area (TPSA) is 32.2 Å². The summed E-state index contributed by atoms with van der Waals surface area (Å²) in [4.78, 5) is 0. The first-order valence-electron chi connectivity index (χ1n) is 20.2. The lowest BCUT2D eigenvalue weighted by Gasteiger charge is -2.40. The Hall–Kier alpha value is -7.60. The van der Waals surface area contributed by atoms with Gasteiger partial charge in [0.2, 0.25) is 0 Å². The van der Waals surface area contributed by atoms with Crippen LogP contribution >= 0.6 is 0 Å². The maximum absolute atomic E-state index is 7.10. The Balaban J connectivity index is 1.13. The van der Waals surface area contributed by atoms with Crippen LogP contribution < -0.4 is 25.5 Å². The van der Waals surface area contributed by atoms with E-state index in [-0.39, 0.29) is 0 Å². The average Bonchev–Trinajstić information content (AvgIpc) is 3.96. The molecule has 276 valence electrons. The molecule has 0 saturated carbocycles. The monoisotopic (exact) mass is 770 g/mol. The van der Waals surface area contributed by atoms with E-state index >= 15 is 0 Å². The van der Waals surface area contributed by atoms with Gasteiger partial charge in [-0.1, -0.05) is 140 Å². The highest BCUT2D eigenvalue weighted by molar-refractivity contribution is 7.20. The van der Waals surface area contributed by atoms with Gasteiger partial charge in [-0.3, -0.25) is 0 Å². The van der Waals surface area contributed by atoms with Gasteiger partial charge in [0.05, 0.1) is 22.1 Å². The first kappa shape index (κ1) is 32.5. The summed E-state index contributed by atoms with van der Waals surface area (Å²) in [5, 5.41) is 12.2. The van der Waals surface area contributed by atoms with Crippen molar-refractivity contribution in [2.45, 2.75) is 0 Å². The standard InChI is InChI=1S/C54H34N2O2Si/c1-6-21-45-39(16-1)40-17-2-7-22-46(40)55(45)35-14-13-15-37(32-35)59(38-29-30-50-44(34-38)43-20-5-10-25-49(43)57-50)53-27-12-11-26-51(53)58-52-33-36(28-31-54(52)59)56-47-23-8-3-18-41(47)42-19-4-9-24-48(42)56/h1-34H. The minimum atomic E-state index is -3.14. The van der Waals surface area contributed by atoms with Gasteiger partial charge < -0.3 is 18.3 Å². The highest BCUT2D eigenvalue weighted by Gasteiger charge is 2.48. The van der Waals surface area contributed by atoms with Crippen molar-refractivity contribution < 1.29 is 9.15 Å². The van der Waals surface area contributed by atoms with Crippen LogP contribution in [0.15, 0.2) is 211 Å². The lowest BCUT2D eigenvalue weighted by molar-refractivity contribution is 0.487. The Morgan fingerprint density at radius 1 is 0.322 bits per heavy atom. The van der Waals surface area contributed by atoms with Crippen LogP contribution in [-0.2, 0) is 0 Å². The first-order chi connectivity index (χ1) is 29.3. The Kier molecular flexibility index (Phi) is 6.72. The SMILES string of the molecule is c1cc(-n2c3ccccc3c3ccccc32)cc([Si]2(c3ccc4oc5ccccc5c4c3)c3ccccc3Oc3cc(-n4c5ccccc5c5ccccc54)ccc32)c1. The van der Waals surface area contributed by atoms with Crippen molar-refractivity contribution in [1.29, 1.82) is 0 Å². The minimum absolute atomic E-state index is 0.883. The maximum atomic E-state index is 7.10. The molecule has 9 aromatic carbocycles. The fourth-order valence-corrected chi connectivity index (χ4v) is 15.1. The van der Waals surface area contributed by atoms with Crippen molar-refractivity contribution in [2.75, 3.05) is 0 Å². The van der Waals surface area contributed by atoms with E-state index in [1.54, 1.807) is 0 Å². The van der Waals surface area contributed by atoms with E-state index in [0.29, 0.717) is 0 Å². The molecule has 0 radical (unpaired) electrons. The van der Waals surface area contributed by atoms with E-state index in [1.165, 1.54) is 64.4 Å². The first-order valence-corrected chi connectivity index (χ1v) is 22.2. The van der Waals surface area contributed by atoms with Crippen LogP contribution in [0.4, 0.5) is 0 Å². The molecule has 0 aliphatic carbocycles. The summed E-state index contributed by atoms with van der Waals surface area (Å²) in [6, 6.07) is 75.1. The number of ether oxygens (including phenoxy) is 1. The van der Waals surface area contributed by atoms with Gasteiger partial charge in [0.25, 0.3) is 0 Å². The second-order valence-electron chi connectivity index (χ2n) is 15.6. The fourth-order valence-electron chi connectivity index (χ4n) is 10.2. The quantitative estimate of drug-likeness (QED) is 0.167. The summed E-state index contributed by atoms with van der Waals surface area (Å²) in [7, 11) is -3.14. The highest BCUT2D eigenvalue weighted by atomic mass is 28.3. The molecule has 5 heteroatoms. The molecule has 3 aromatic heterocycles. The Labute approximate surface area is 340 Å². The maximum Gasteiger partial charge on any atom is 0.188 e. The molecular weight excluding hydrogens is 737 g/mol. The summed E-state index contributed by atoms with van der Waals surface area (Å²) in [6.07, 6.45) is 0. The number of hydrogen-bond acceptors (Lipinski definition) is 2. The molecule has 0 N–H and O–H groups in total. The molecule has 4 nitrogen and oxygen atoms in total. The predicted octanol–water partition coefficient (Wildman–Crippen LogP) is 11.3. The zero-order valence-corrected chi connectivity index (χ0v) is 32.8. The number of nitrogens with zero attached hydrogens (tertiary/aromatic N) is 2. The number of para-hydroxylation sites is 6. The summed E-state index contributed by atoms with van der Waals surface area (Å²) >= 11 is 0. The van der Waals surface area contributed by atoms with Gasteiger partial charge in [0.15, 0.2) is 8.07 Å². The Morgan fingerprint density at radius 2 is 0.831 bits per heavy atom. The Bertz CT molecular complexity index is 3580. The van der Waals surface area contributed by atoms with Crippen LogP contribution in [0.25, 0.3) is 76.9 Å². The minimum Gasteiger partial charge on any atom is -0.457 e. The van der Waals surface area contributed by atoms with Gasteiger partial charge in [-0.2, -0.15) is 0 Å². The molecule has 0 fully saturated rings. The lowest BCUT2D eigenvalue weighted by atomic mass is 10.1. The van der Waals surface area contributed by atoms with Crippen molar-refractivity contribution in [3.8, 4) is 22.9 Å². The third-order valence-corrected chi connectivity index (χ3v) is 17.4. The predicted molar refractivity (Wildman–Crippen MR) is 246 cm³/mol. The number of furan rings is 1. The summed E-state index contributed by atoms with van der Waals surface area (Å²) < 4.78 is 18.3. The number of aromatic nitrogens is 2. The van der Waals surface area contributed by atoms with Crippen molar-refractivity contribution >= 4 is 94.4 Å². The van der Waals surface area contributed by atoms with E-state index in [1.807, 2.05) is 6.07 Å². The van der Waals surface area contributed by atoms with Gasteiger partial charge in [0, 0.05) is 49.8 Å². The van der Waals surface area contributed by atoms with Crippen molar-refractivity contribution in [3.05, 3.63) is 206 Å². The molecule has 0 bridgehead atoms. The zero-order valence-electron chi connectivity index (χ0n) is 31.8. The van der Waals surface area contributed by atoms with Gasteiger partial charge in [0.1, 0.15) is 22.7 Å². The van der Waals surface area contributed by atoms with E-state index in [2.05, 4.69) is 209 Å². The average molecular weight is 771 g/mol. The summed E-state index contributed by atoms with van der Waals surface area (Å²) in [6.45, 7) is 0. The zero-order chi connectivity index (χ0) is 38.7. The molecule has 1 atom stereocenters. The Morgan fingerprint density at radius 3 is 1.49 bits per heavy atom. The van der Waals surface area contributed by atoms with E-state index in [9.17, 15) is 0 Å². The van der Waals surface area contributed by atoms with Crippen molar-refractivity contribution in [1.82, 2.24) is 9.13 Å². The van der Waals surface area contributed by atoms with E-state index in [4.69, 9.17) is 9.15 Å². The second kappa shape index (κ2) is 12.2. The van der Waals surface area contributed by atoms with Crippen LogP contribution in [0.5, 0.6) is 11.5 Å². The molecule has 1 aliphatic rings. The normalized spacial score (nSPS) is 15.0. The molecule has 0 amide bonds. The summed E-state index contributed by atoms with van der Waals surface area (Å²) in [5.74, 6) is 1.78. The number of fused-ring (bicyclic) bond motifs is 11. The number of hydrogen-bond donors (Lipinski definition) is 0. The van der Waals surface area contributed by atoms with Gasteiger partial charge in [-0.15, -0.1) is 0 Å². The van der Waals surface area contributed by atoms with Crippen LogP contribution in [-0.4, -0.2) is 17.2 Å². The second-order valence-corrected chi connectivity index (χ2v) is 19.4. The fraction of sp³-hybridized carbons (Fsp3) is 0. The molecular formula is C54H34N2O2Si. The van der Waals surface area contributed by atoms with Crippen molar-refractivity contribution in [2.24, 2.45) is 0 Å². The molecule has 12 aromatic rings. The third kappa shape index (κ3) is 4.48. The highest BCUT2D eigenvalue weighted by Crippen LogP contribution is 2.37. The van der Waals surface area contributed by atoms with E-state index < -0.39 is 8.07 Å². The smallest absolute Gasteiger partial charge is 0.188 e. The molecule has 1 unspecified atom stereocenters. The van der Waals surface area contributed by atoms with Crippen LogP contribution in [0.2, 0.25) is 0 Å². The van der Waals surface area contributed by atoms with Crippen molar-refractivity contribution in [3.63, 3.8) is 0 Å². The number of benzene rings is 9. The van der Waals surface area contributed by atoms with Gasteiger partial charge in [-0.05, 0) is 81.4 Å². The molecule has 59 heavy (non-hydrogen) atoms. The molecule has 13 rings (SSSR count). The van der Waals surface area contributed by atoms with Crippen LogP contribution in [0.3, 0.4) is 0 Å². The van der Waals surface area contributed by atoms with Gasteiger partial charge >= 0.3 is 0 Å². The number of rotatable bonds is 4. The molecule has 0 spiro atoms. The largest absolute Gasteiger partial charge is 0.457 e. The van der Waals surface area contributed by atoms with Crippen LogP contribution in [0.1, 0.15) is 0 Å². The third-order valence-electron chi connectivity index (χ3n) is 12.6. The van der Waals surface area contributed by atoms with Gasteiger partial charge in [-0.25, -0.2) is 0 Å². The molecule has 4 heterocycles. The van der Waals surface area contributed by atoms with Crippen LogP contribution in [0, 0.1) is 0 Å². The van der Waals surface area contributed by atoms with E-state index in [0.717, 1.165) is 44.8 Å². The molecule has 1 aliphatic heterocycles.